The van der Waals surface area contributed by atoms with Crippen molar-refractivity contribution in [1.29, 1.82) is 0 Å². The van der Waals surface area contributed by atoms with Gasteiger partial charge in [0.25, 0.3) is 0 Å². The molecule has 0 heterocycles. The highest BCUT2D eigenvalue weighted by molar-refractivity contribution is 5.74. The molecule has 0 aromatic heterocycles. The van der Waals surface area contributed by atoms with Crippen LogP contribution in [0.25, 0.3) is 0 Å². The van der Waals surface area contributed by atoms with Gasteiger partial charge in [-0.1, -0.05) is 39.0 Å². The second-order valence-electron chi connectivity index (χ2n) is 7.42. The van der Waals surface area contributed by atoms with Crippen molar-refractivity contribution in [3.63, 3.8) is 0 Å². The maximum Gasteiger partial charge on any atom is 0.317 e. The van der Waals surface area contributed by atoms with Gasteiger partial charge in [0.1, 0.15) is 5.75 Å². The summed E-state index contributed by atoms with van der Waals surface area (Å²) in [4.78, 5) is 25.0. The Labute approximate surface area is 161 Å². The molecule has 0 spiro atoms. The quantitative estimate of drug-likeness (QED) is 0.583. The maximum absolute atomic E-state index is 12.2. The van der Waals surface area contributed by atoms with Crippen molar-refractivity contribution < 1.29 is 19.4 Å². The highest BCUT2D eigenvalue weighted by Crippen LogP contribution is 2.25. The van der Waals surface area contributed by atoms with Gasteiger partial charge in [-0.25, -0.2) is 4.79 Å². The number of amides is 2. The maximum atomic E-state index is 12.2. The Hall–Kier alpha value is -2.28. The minimum absolute atomic E-state index is 0.0489. The van der Waals surface area contributed by atoms with Gasteiger partial charge < -0.3 is 20.5 Å². The molecule has 150 valence electrons. The molecule has 1 saturated carbocycles. The fourth-order valence-corrected chi connectivity index (χ4v) is 3.14. The first-order valence-electron chi connectivity index (χ1n) is 9.60. The predicted molar refractivity (Wildman–Crippen MR) is 104 cm³/mol. The van der Waals surface area contributed by atoms with E-state index in [9.17, 15) is 9.59 Å². The lowest BCUT2D eigenvalue weighted by molar-refractivity contribution is -0.139. The van der Waals surface area contributed by atoms with Gasteiger partial charge in [-0.2, -0.15) is 0 Å². The summed E-state index contributed by atoms with van der Waals surface area (Å²) < 4.78 is 5.80. The number of para-hydroxylation sites is 1. The lowest BCUT2D eigenvalue weighted by Crippen LogP contribution is -2.56. The normalized spacial score (nSPS) is 18.9. The molecule has 7 heteroatoms. The Morgan fingerprint density at radius 2 is 2.00 bits per heavy atom. The zero-order valence-electron chi connectivity index (χ0n) is 16.4. The monoisotopic (exact) mass is 377 g/mol. The number of aliphatic carboxylic acids is 1. The van der Waals surface area contributed by atoms with Gasteiger partial charge in [-0.05, 0) is 31.4 Å². The lowest BCUT2D eigenvalue weighted by atomic mass is 9.85. The van der Waals surface area contributed by atoms with Crippen LogP contribution in [0.4, 0.5) is 4.79 Å². The number of nitrogens with one attached hydrogen (secondary N) is 2. The molecule has 7 nitrogen and oxygen atoms in total. The zero-order valence-corrected chi connectivity index (χ0v) is 16.4. The molecule has 0 atom stereocenters. The second-order valence-corrected chi connectivity index (χ2v) is 7.42. The Kier molecular flexibility index (Phi) is 7.91. The number of benzene rings is 1. The number of carbonyl (C=O) groups is 2. The van der Waals surface area contributed by atoms with Gasteiger partial charge in [0.2, 0.25) is 0 Å². The molecular weight excluding hydrogens is 346 g/mol. The largest absolute Gasteiger partial charge is 0.493 e. The van der Waals surface area contributed by atoms with Crippen molar-refractivity contribution in [2.24, 2.45) is 5.92 Å². The van der Waals surface area contributed by atoms with Gasteiger partial charge in [-0.15, -0.1) is 0 Å². The summed E-state index contributed by atoms with van der Waals surface area (Å²) in [6.07, 6.45) is 1.56. The van der Waals surface area contributed by atoms with E-state index in [-0.39, 0.29) is 24.7 Å². The first-order chi connectivity index (χ1) is 12.9. The predicted octanol–water partition coefficient (Wildman–Crippen LogP) is 2.46. The molecule has 2 rings (SSSR count). The van der Waals surface area contributed by atoms with Crippen molar-refractivity contribution in [2.75, 3.05) is 19.7 Å². The molecule has 2 amide bonds. The first kappa shape index (κ1) is 21.0. The summed E-state index contributed by atoms with van der Waals surface area (Å²) >= 11 is 0. The van der Waals surface area contributed by atoms with Crippen LogP contribution in [0.2, 0.25) is 0 Å². The minimum atomic E-state index is -0.815. The van der Waals surface area contributed by atoms with Crippen LogP contribution in [-0.4, -0.2) is 53.8 Å². The minimum Gasteiger partial charge on any atom is -0.493 e. The number of carboxylic acids is 1. The molecule has 0 unspecified atom stereocenters. The summed E-state index contributed by atoms with van der Waals surface area (Å²) in [7, 11) is 0. The number of likely N-dealkylation sites (N-methyl/N-ethyl adjacent to an activating group) is 1. The Balaban J connectivity index is 1.74. The topological polar surface area (TPSA) is 90.9 Å². The van der Waals surface area contributed by atoms with E-state index in [4.69, 9.17) is 9.84 Å². The van der Waals surface area contributed by atoms with Crippen molar-refractivity contribution in [3.8, 4) is 5.75 Å². The molecule has 1 fully saturated rings. The van der Waals surface area contributed by atoms with Crippen LogP contribution in [0.1, 0.15) is 39.2 Å². The van der Waals surface area contributed by atoms with Crippen molar-refractivity contribution >= 4 is 12.0 Å². The Morgan fingerprint density at radius 1 is 1.30 bits per heavy atom. The zero-order chi connectivity index (χ0) is 19.8. The van der Waals surface area contributed by atoms with Gasteiger partial charge >= 0.3 is 12.0 Å². The van der Waals surface area contributed by atoms with Crippen molar-refractivity contribution in [1.82, 2.24) is 15.5 Å². The third-order valence-corrected chi connectivity index (χ3v) is 4.69. The number of nitrogens with zero attached hydrogens (tertiary/aromatic N) is 1. The summed E-state index contributed by atoms with van der Waals surface area (Å²) in [5, 5.41) is 14.8. The van der Waals surface area contributed by atoms with E-state index in [0.717, 1.165) is 24.2 Å². The fraction of sp³-hybridized carbons (Fsp3) is 0.600. The van der Waals surface area contributed by atoms with Crippen LogP contribution in [0.3, 0.4) is 0 Å². The molecule has 1 aliphatic carbocycles. The van der Waals surface area contributed by atoms with E-state index < -0.39 is 5.97 Å². The average molecular weight is 377 g/mol. The number of carbonyl (C=O) groups excluding carboxylic acids is 1. The van der Waals surface area contributed by atoms with E-state index in [0.29, 0.717) is 25.6 Å². The van der Waals surface area contributed by atoms with E-state index in [1.54, 1.807) is 0 Å². The van der Waals surface area contributed by atoms with Crippen LogP contribution in [0.5, 0.6) is 5.75 Å². The smallest absolute Gasteiger partial charge is 0.317 e. The highest BCUT2D eigenvalue weighted by atomic mass is 16.5. The molecule has 3 N–H and O–H groups in total. The number of carboxylic acid groups (broad SMARTS) is 1. The summed E-state index contributed by atoms with van der Waals surface area (Å²) in [5.74, 6) is 0.413. The van der Waals surface area contributed by atoms with E-state index in [2.05, 4.69) is 24.5 Å². The van der Waals surface area contributed by atoms with E-state index >= 15 is 0 Å². The van der Waals surface area contributed by atoms with Crippen molar-refractivity contribution in [3.05, 3.63) is 29.8 Å². The molecule has 27 heavy (non-hydrogen) atoms. The average Bonchev–Trinajstić information content (AvgIpc) is 2.59. The number of hydrogen-bond acceptors (Lipinski definition) is 4. The second kappa shape index (κ2) is 10.2. The molecule has 1 aliphatic rings. The van der Waals surface area contributed by atoms with Crippen LogP contribution >= 0.6 is 0 Å². The third-order valence-electron chi connectivity index (χ3n) is 4.69. The van der Waals surface area contributed by atoms with Gasteiger partial charge in [-0.3, -0.25) is 9.69 Å². The first-order valence-corrected chi connectivity index (χ1v) is 9.60. The summed E-state index contributed by atoms with van der Waals surface area (Å²) in [6.45, 7) is 7.92. The summed E-state index contributed by atoms with van der Waals surface area (Å²) in [5.41, 5.74) is 0.943. The molecule has 0 radical (unpaired) electrons. The molecular formula is C20H31N3O4. The van der Waals surface area contributed by atoms with E-state index in [1.165, 1.54) is 0 Å². The molecule has 0 saturated heterocycles. The molecule has 1 aromatic rings. The fourth-order valence-electron chi connectivity index (χ4n) is 3.14. The Morgan fingerprint density at radius 3 is 2.63 bits per heavy atom. The molecule has 0 aliphatic heterocycles. The third kappa shape index (κ3) is 6.75. The Bertz CT molecular complexity index is 629. The van der Waals surface area contributed by atoms with Crippen LogP contribution in [-0.2, 0) is 11.3 Å². The van der Waals surface area contributed by atoms with Crippen LogP contribution in [0.15, 0.2) is 24.3 Å². The van der Waals surface area contributed by atoms with Gasteiger partial charge in [0, 0.05) is 24.2 Å². The number of rotatable bonds is 10. The lowest BCUT2D eigenvalue weighted by Gasteiger charge is -2.42. The highest BCUT2D eigenvalue weighted by Gasteiger charge is 2.34. The number of hydrogen-bond donors (Lipinski definition) is 3. The van der Waals surface area contributed by atoms with Gasteiger partial charge in [0.15, 0.2) is 0 Å². The molecule has 1 aromatic carbocycles. The standard InChI is InChI=1S/C20H31N3O4/c1-4-23(12-19(24)25)17-9-16(10-17)22-20(26)21-11-15-7-5-6-8-18(15)27-13-14(2)3/h5-8,14,16-17H,4,9-13H2,1-3H3,(H,24,25)(H2,21,22,26). The van der Waals surface area contributed by atoms with Crippen molar-refractivity contribution in [2.45, 2.75) is 52.2 Å². The van der Waals surface area contributed by atoms with Crippen LogP contribution in [0, 0.1) is 5.92 Å². The molecule has 0 bridgehead atoms. The van der Waals surface area contributed by atoms with E-state index in [1.807, 2.05) is 36.1 Å². The number of ether oxygens (including phenoxy) is 1. The van der Waals surface area contributed by atoms with Gasteiger partial charge in [0.05, 0.1) is 13.2 Å². The summed E-state index contributed by atoms with van der Waals surface area (Å²) in [6, 6.07) is 7.81. The number of urea groups is 1. The SMILES string of the molecule is CCN(CC(=O)O)C1CC(NC(=O)NCc2ccccc2OCC(C)C)C1. The van der Waals surface area contributed by atoms with Crippen LogP contribution < -0.4 is 15.4 Å².